The van der Waals surface area contributed by atoms with E-state index < -0.39 is 0 Å². The Morgan fingerprint density at radius 2 is 2.05 bits per heavy atom. The Kier molecular flexibility index (Phi) is 5.90. The zero-order valence-electron chi connectivity index (χ0n) is 10.9. The minimum atomic E-state index is -0.210. The first-order valence-corrected chi connectivity index (χ1v) is 8.27. The van der Waals surface area contributed by atoms with Crippen molar-refractivity contribution in [2.75, 3.05) is 12.8 Å². The van der Waals surface area contributed by atoms with Gasteiger partial charge in [0.2, 0.25) is 0 Å². The number of benzene rings is 2. The summed E-state index contributed by atoms with van der Waals surface area (Å²) in [5.41, 5.74) is 0.663. The highest BCUT2D eigenvalue weighted by Crippen LogP contribution is 2.29. The summed E-state index contributed by atoms with van der Waals surface area (Å²) in [6, 6.07) is 13.0. The Balaban J connectivity index is 2.11. The van der Waals surface area contributed by atoms with Crippen LogP contribution >= 0.6 is 39.3 Å². The summed E-state index contributed by atoms with van der Waals surface area (Å²) in [4.78, 5) is 1.08. The molecule has 1 unspecified atom stereocenters. The molecule has 0 heterocycles. The number of nitrogens with one attached hydrogen (secondary N) is 1. The predicted octanol–water partition coefficient (Wildman–Crippen LogP) is 5.29. The molecular formula is C15H14BrClFNS. The zero-order valence-corrected chi connectivity index (χ0v) is 14.0. The molecule has 2 rings (SSSR count). The van der Waals surface area contributed by atoms with Crippen LogP contribution < -0.4 is 5.32 Å². The summed E-state index contributed by atoms with van der Waals surface area (Å²) in [5, 5.41) is 3.87. The molecule has 0 saturated carbocycles. The molecular weight excluding hydrogens is 361 g/mol. The van der Waals surface area contributed by atoms with Crippen molar-refractivity contribution in [2.24, 2.45) is 0 Å². The van der Waals surface area contributed by atoms with Crippen LogP contribution in [0.5, 0.6) is 0 Å². The molecule has 2 aromatic rings. The van der Waals surface area contributed by atoms with E-state index in [-0.39, 0.29) is 11.9 Å². The van der Waals surface area contributed by atoms with Crippen LogP contribution in [0.4, 0.5) is 4.39 Å². The third-order valence-electron chi connectivity index (χ3n) is 2.92. The smallest absolute Gasteiger partial charge is 0.142 e. The first-order valence-electron chi connectivity index (χ1n) is 6.11. The Bertz CT molecular complexity index is 594. The molecule has 0 amide bonds. The topological polar surface area (TPSA) is 12.0 Å². The molecule has 0 aromatic heterocycles. The molecule has 0 bridgehead atoms. The fraction of sp³-hybridized carbons (Fsp3) is 0.200. The molecule has 20 heavy (non-hydrogen) atoms. The van der Waals surface area contributed by atoms with E-state index in [4.69, 9.17) is 11.6 Å². The van der Waals surface area contributed by atoms with Crippen molar-refractivity contribution in [2.45, 2.75) is 10.9 Å². The number of hydrogen-bond acceptors (Lipinski definition) is 2. The van der Waals surface area contributed by atoms with E-state index in [1.54, 1.807) is 23.9 Å². The van der Waals surface area contributed by atoms with Crippen molar-refractivity contribution >= 4 is 39.3 Å². The quantitative estimate of drug-likeness (QED) is 0.713. The second-order valence-electron chi connectivity index (χ2n) is 4.25. The van der Waals surface area contributed by atoms with Crippen LogP contribution in [0.2, 0.25) is 5.02 Å². The maximum Gasteiger partial charge on any atom is 0.142 e. The number of hydrogen-bond donors (Lipinski definition) is 1. The molecule has 106 valence electrons. The molecule has 0 aliphatic heterocycles. The van der Waals surface area contributed by atoms with Crippen LogP contribution in [0.15, 0.2) is 51.8 Å². The van der Waals surface area contributed by atoms with Crippen LogP contribution in [0.1, 0.15) is 11.6 Å². The molecule has 0 saturated heterocycles. The molecule has 0 aliphatic rings. The van der Waals surface area contributed by atoms with Crippen molar-refractivity contribution in [3.8, 4) is 0 Å². The Labute approximate surface area is 136 Å². The van der Waals surface area contributed by atoms with Gasteiger partial charge < -0.3 is 5.32 Å². The van der Waals surface area contributed by atoms with Gasteiger partial charge in [0.1, 0.15) is 5.82 Å². The fourth-order valence-electron chi connectivity index (χ4n) is 1.85. The zero-order chi connectivity index (χ0) is 14.5. The first-order chi connectivity index (χ1) is 9.61. The number of halogens is 3. The van der Waals surface area contributed by atoms with Gasteiger partial charge in [-0.05, 0) is 47.2 Å². The fourth-order valence-corrected chi connectivity index (χ4v) is 3.58. The van der Waals surface area contributed by atoms with Gasteiger partial charge in [0.05, 0.1) is 4.47 Å². The van der Waals surface area contributed by atoms with Crippen molar-refractivity contribution in [3.05, 3.63) is 63.3 Å². The Hall–Kier alpha value is -0.550. The normalized spacial score (nSPS) is 12.4. The van der Waals surface area contributed by atoms with Crippen molar-refractivity contribution in [1.82, 2.24) is 5.32 Å². The lowest BCUT2D eigenvalue weighted by Gasteiger charge is -2.17. The van der Waals surface area contributed by atoms with E-state index in [1.165, 1.54) is 0 Å². The maximum atomic E-state index is 14.1. The van der Waals surface area contributed by atoms with Crippen molar-refractivity contribution < 1.29 is 4.39 Å². The highest BCUT2D eigenvalue weighted by Gasteiger charge is 2.16. The average Bonchev–Trinajstić information content (AvgIpc) is 2.44. The molecule has 2 aromatic carbocycles. The SMILES string of the molecule is CNC(CSc1cccc(Cl)c1)c1cccc(Br)c1F. The summed E-state index contributed by atoms with van der Waals surface area (Å²) in [7, 11) is 1.84. The molecule has 0 aliphatic carbocycles. The minimum Gasteiger partial charge on any atom is -0.312 e. The highest BCUT2D eigenvalue weighted by molar-refractivity contribution is 9.10. The number of thioether (sulfide) groups is 1. The third kappa shape index (κ3) is 3.98. The van der Waals surface area contributed by atoms with Crippen LogP contribution in [-0.4, -0.2) is 12.8 Å². The lowest BCUT2D eigenvalue weighted by Crippen LogP contribution is -2.20. The molecule has 1 atom stereocenters. The van der Waals surface area contributed by atoms with Crippen LogP contribution in [-0.2, 0) is 0 Å². The minimum absolute atomic E-state index is 0.0588. The molecule has 5 heteroatoms. The van der Waals surface area contributed by atoms with E-state index in [9.17, 15) is 4.39 Å². The standard InChI is InChI=1S/C15H14BrClFNS/c1-19-14(12-6-3-7-13(16)15(12)18)9-20-11-5-2-4-10(17)8-11/h2-8,14,19H,9H2,1H3. The van der Waals surface area contributed by atoms with E-state index >= 15 is 0 Å². The monoisotopic (exact) mass is 373 g/mol. The van der Waals surface area contributed by atoms with Crippen molar-refractivity contribution in [3.63, 3.8) is 0 Å². The lowest BCUT2D eigenvalue weighted by atomic mass is 10.1. The number of rotatable bonds is 5. The van der Waals surface area contributed by atoms with E-state index in [1.807, 2.05) is 37.4 Å². The van der Waals surface area contributed by atoms with Gasteiger partial charge in [0.15, 0.2) is 0 Å². The van der Waals surface area contributed by atoms with Crippen LogP contribution in [0.25, 0.3) is 0 Å². The summed E-state index contributed by atoms with van der Waals surface area (Å²) < 4.78 is 14.6. The molecule has 0 fully saturated rings. The third-order valence-corrected chi connectivity index (χ3v) is 4.85. The van der Waals surface area contributed by atoms with Gasteiger partial charge in [-0.1, -0.05) is 29.8 Å². The lowest BCUT2D eigenvalue weighted by molar-refractivity contribution is 0.561. The predicted molar refractivity (Wildman–Crippen MR) is 88.1 cm³/mol. The summed E-state index contributed by atoms with van der Waals surface area (Å²) in [6.45, 7) is 0. The molecule has 0 radical (unpaired) electrons. The molecule has 0 spiro atoms. The molecule has 1 nitrogen and oxygen atoms in total. The van der Waals surface area contributed by atoms with Crippen LogP contribution in [0.3, 0.4) is 0 Å². The maximum absolute atomic E-state index is 14.1. The van der Waals surface area contributed by atoms with E-state index in [0.717, 1.165) is 10.6 Å². The van der Waals surface area contributed by atoms with Gasteiger partial charge in [-0.15, -0.1) is 11.8 Å². The van der Waals surface area contributed by atoms with Gasteiger partial charge in [0, 0.05) is 27.3 Å². The first kappa shape index (κ1) is 15.8. The molecule has 1 N–H and O–H groups in total. The Morgan fingerprint density at radius 1 is 1.30 bits per heavy atom. The Morgan fingerprint density at radius 3 is 2.75 bits per heavy atom. The van der Waals surface area contributed by atoms with Crippen molar-refractivity contribution in [1.29, 1.82) is 0 Å². The summed E-state index contributed by atoms with van der Waals surface area (Å²) in [5.74, 6) is 0.517. The second kappa shape index (κ2) is 7.46. The van der Waals surface area contributed by atoms with E-state index in [2.05, 4.69) is 21.2 Å². The largest absolute Gasteiger partial charge is 0.312 e. The van der Waals surface area contributed by atoms with Gasteiger partial charge >= 0.3 is 0 Å². The second-order valence-corrected chi connectivity index (χ2v) is 6.64. The van der Waals surface area contributed by atoms with Gasteiger partial charge in [-0.25, -0.2) is 4.39 Å². The summed E-state index contributed by atoms with van der Waals surface area (Å²) in [6.07, 6.45) is 0. The average molecular weight is 375 g/mol. The van der Waals surface area contributed by atoms with Crippen LogP contribution in [0, 0.1) is 5.82 Å². The summed E-state index contributed by atoms with van der Waals surface area (Å²) >= 11 is 10.8. The van der Waals surface area contributed by atoms with Gasteiger partial charge in [-0.3, -0.25) is 0 Å². The van der Waals surface area contributed by atoms with Gasteiger partial charge in [0.25, 0.3) is 0 Å². The van der Waals surface area contributed by atoms with Gasteiger partial charge in [-0.2, -0.15) is 0 Å². The highest BCUT2D eigenvalue weighted by atomic mass is 79.9. The van der Waals surface area contributed by atoms with E-state index in [0.29, 0.717) is 15.1 Å².